The number of hydrogen-bond donors (Lipinski definition) is 3. The quantitative estimate of drug-likeness (QED) is 0.398. The number of aromatic carboxylic acids is 1. The number of rotatable bonds is 7. The van der Waals surface area contributed by atoms with Crippen LogP contribution in [0.5, 0.6) is 0 Å². The van der Waals surface area contributed by atoms with Crippen LogP contribution in [0.25, 0.3) is 17.1 Å². The molecule has 3 N–H and O–H groups in total. The molecule has 0 saturated carbocycles. The molecule has 160 valence electrons. The molecule has 31 heavy (non-hydrogen) atoms. The highest BCUT2D eigenvalue weighted by molar-refractivity contribution is 5.92. The van der Waals surface area contributed by atoms with Gasteiger partial charge in [0.05, 0.1) is 16.6 Å². The van der Waals surface area contributed by atoms with E-state index >= 15 is 0 Å². The summed E-state index contributed by atoms with van der Waals surface area (Å²) in [7, 11) is 0. The minimum Gasteiger partial charge on any atom is -0.478 e. The molecule has 8 heteroatoms. The monoisotopic (exact) mass is 421 g/mol. The molecule has 0 radical (unpaired) electrons. The molecule has 1 saturated heterocycles. The van der Waals surface area contributed by atoms with Crippen LogP contribution in [-0.2, 0) is 20.8 Å². The molecule has 1 aliphatic heterocycles. The first-order chi connectivity index (χ1) is 15.1. The number of benzene rings is 2. The number of carbonyl (C=O) groups is 2. The third-order valence-electron chi connectivity index (χ3n) is 4.99. The van der Waals surface area contributed by atoms with Crippen molar-refractivity contribution >= 4 is 29.0 Å². The maximum absolute atomic E-state index is 11.9. The van der Waals surface area contributed by atoms with E-state index in [-0.39, 0.29) is 17.8 Å². The molecule has 1 atom stereocenters. The summed E-state index contributed by atoms with van der Waals surface area (Å²) in [6, 6.07) is 12.6. The van der Waals surface area contributed by atoms with Crippen LogP contribution >= 0.6 is 0 Å². The molecule has 4 rings (SSSR count). The predicted octanol–water partition coefficient (Wildman–Crippen LogP) is 3.44. The number of hydrogen-bond acceptors (Lipinski definition) is 5. The van der Waals surface area contributed by atoms with Gasteiger partial charge in [-0.3, -0.25) is 4.79 Å². The lowest BCUT2D eigenvalue weighted by atomic mass is 10.1. The maximum atomic E-state index is 11.9. The normalized spacial score (nSPS) is 16.6. The Morgan fingerprint density at radius 2 is 2.06 bits per heavy atom. The Bertz CT molecular complexity index is 1100. The van der Waals surface area contributed by atoms with E-state index < -0.39 is 5.97 Å². The van der Waals surface area contributed by atoms with E-state index in [1.54, 1.807) is 24.3 Å². The summed E-state index contributed by atoms with van der Waals surface area (Å²) in [5.74, 6) is -0.562. The lowest BCUT2D eigenvalue weighted by Gasteiger charge is -2.21. The number of ether oxygens (including phenoxy) is 1. The van der Waals surface area contributed by atoms with Gasteiger partial charge in [0.1, 0.15) is 5.82 Å². The van der Waals surface area contributed by atoms with Crippen molar-refractivity contribution in [2.24, 2.45) is 0 Å². The number of carboxylic acid groups (broad SMARTS) is 1. The van der Waals surface area contributed by atoms with Crippen LogP contribution in [0.2, 0.25) is 0 Å². The van der Waals surface area contributed by atoms with Gasteiger partial charge in [-0.1, -0.05) is 24.3 Å². The highest BCUT2D eigenvalue weighted by Crippen LogP contribution is 2.17. The summed E-state index contributed by atoms with van der Waals surface area (Å²) < 4.78 is 5.39. The molecule has 8 nitrogen and oxygen atoms in total. The van der Waals surface area contributed by atoms with Gasteiger partial charge in [0, 0.05) is 25.5 Å². The number of nitrogens with zero attached hydrogens (tertiary/aromatic N) is 1. The molecule has 0 aliphatic carbocycles. The van der Waals surface area contributed by atoms with Crippen LogP contribution in [0.4, 0.5) is 0 Å². The molecule has 0 bridgehead atoms. The predicted molar refractivity (Wildman–Crippen MR) is 114 cm³/mol. The third-order valence-corrected chi connectivity index (χ3v) is 4.99. The van der Waals surface area contributed by atoms with E-state index in [4.69, 9.17) is 14.7 Å². The van der Waals surface area contributed by atoms with Gasteiger partial charge in [-0.2, -0.15) is 0 Å². The van der Waals surface area contributed by atoms with Crippen molar-refractivity contribution in [2.75, 3.05) is 6.61 Å². The summed E-state index contributed by atoms with van der Waals surface area (Å²) in [6.07, 6.45) is 6.15. The average molecular weight is 421 g/mol. The Hall–Kier alpha value is -3.49. The topological polar surface area (TPSA) is 114 Å². The molecule has 1 aromatic heterocycles. The summed E-state index contributed by atoms with van der Waals surface area (Å²) in [6.45, 7) is 0.653. The van der Waals surface area contributed by atoms with Gasteiger partial charge in [0.15, 0.2) is 6.29 Å². The summed E-state index contributed by atoms with van der Waals surface area (Å²) >= 11 is 0. The number of nitrogens with one attached hydrogen (secondary N) is 2. The molecule has 2 heterocycles. The molecular formula is C23H23N3O5. The number of aromatic amines is 1. The summed E-state index contributed by atoms with van der Waals surface area (Å²) in [5, 5.41) is 9.10. The fraction of sp³-hybridized carbons (Fsp3) is 0.261. The summed E-state index contributed by atoms with van der Waals surface area (Å²) in [5.41, 5.74) is 5.95. The van der Waals surface area contributed by atoms with Crippen molar-refractivity contribution in [3.05, 3.63) is 71.1 Å². The van der Waals surface area contributed by atoms with Crippen molar-refractivity contribution in [3.8, 4) is 0 Å². The minimum atomic E-state index is -0.968. The molecule has 2 aromatic carbocycles. The lowest BCUT2D eigenvalue weighted by molar-refractivity contribution is -0.198. The van der Waals surface area contributed by atoms with Crippen molar-refractivity contribution in [1.29, 1.82) is 0 Å². The molecule has 1 fully saturated rings. The van der Waals surface area contributed by atoms with Gasteiger partial charge >= 0.3 is 5.97 Å². The Morgan fingerprint density at radius 3 is 2.81 bits per heavy atom. The zero-order valence-electron chi connectivity index (χ0n) is 16.8. The zero-order chi connectivity index (χ0) is 21.6. The molecule has 3 aromatic rings. The fourth-order valence-corrected chi connectivity index (χ4v) is 3.35. The van der Waals surface area contributed by atoms with E-state index in [0.29, 0.717) is 18.5 Å². The first kappa shape index (κ1) is 20.8. The number of imidazole rings is 1. The smallest absolute Gasteiger partial charge is 0.335 e. The number of amides is 1. The first-order valence-electron chi connectivity index (χ1n) is 10.1. The Kier molecular flexibility index (Phi) is 6.40. The maximum Gasteiger partial charge on any atom is 0.335 e. The van der Waals surface area contributed by atoms with E-state index in [0.717, 1.165) is 41.7 Å². The third kappa shape index (κ3) is 5.56. The Balaban J connectivity index is 1.32. The number of aromatic nitrogens is 2. The van der Waals surface area contributed by atoms with E-state index in [1.165, 1.54) is 6.08 Å². The van der Waals surface area contributed by atoms with Gasteiger partial charge in [0.2, 0.25) is 0 Å². The van der Waals surface area contributed by atoms with Crippen molar-refractivity contribution in [1.82, 2.24) is 15.4 Å². The van der Waals surface area contributed by atoms with Gasteiger partial charge in [-0.05, 0) is 48.2 Å². The Labute approximate surface area is 178 Å². The van der Waals surface area contributed by atoms with Crippen LogP contribution in [0, 0.1) is 0 Å². The van der Waals surface area contributed by atoms with E-state index in [9.17, 15) is 9.59 Å². The Morgan fingerprint density at radius 1 is 1.23 bits per heavy atom. The van der Waals surface area contributed by atoms with Crippen molar-refractivity contribution in [2.45, 2.75) is 32.0 Å². The van der Waals surface area contributed by atoms with E-state index in [2.05, 4.69) is 15.4 Å². The van der Waals surface area contributed by atoms with Crippen LogP contribution in [0.15, 0.2) is 48.5 Å². The molecular weight excluding hydrogens is 398 g/mol. The first-order valence-corrected chi connectivity index (χ1v) is 10.1. The van der Waals surface area contributed by atoms with Crippen LogP contribution in [-0.4, -0.2) is 39.8 Å². The molecule has 0 spiro atoms. The van der Waals surface area contributed by atoms with Crippen LogP contribution < -0.4 is 5.48 Å². The number of carbonyl (C=O) groups excluding carboxylic acids is 1. The largest absolute Gasteiger partial charge is 0.478 e. The second kappa shape index (κ2) is 9.55. The van der Waals surface area contributed by atoms with Crippen LogP contribution in [0.3, 0.4) is 0 Å². The second-order valence-electron chi connectivity index (χ2n) is 7.35. The molecule has 1 unspecified atom stereocenters. The SMILES string of the molecule is O=C(C=Cc1ccc(Cc2nc3ccc(C(=O)O)cc3[nH]2)cc1)NOC1CCCCO1. The van der Waals surface area contributed by atoms with Gasteiger partial charge in [-0.15, -0.1) is 0 Å². The highest BCUT2D eigenvalue weighted by Gasteiger charge is 2.15. The van der Waals surface area contributed by atoms with Crippen molar-refractivity contribution < 1.29 is 24.3 Å². The number of hydroxylamine groups is 1. The van der Waals surface area contributed by atoms with Crippen molar-refractivity contribution in [3.63, 3.8) is 0 Å². The fourth-order valence-electron chi connectivity index (χ4n) is 3.35. The average Bonchev–Trinajstić information content (AvgIpc) is 3.19. The van der Waals surface area contributed by atoms with Gasteiger partial charge in [-0.25, -0.2) is 20.1 Å². The number of carboxylic acids is 1. The number of fused-ring (bicyclic) bond motifs is 1. The lowest BCUT2D eigenvalue weighted by Crippen LogP contribution is -2.32. The zero-order valence-corrected chi connectivity index (χ0v) is 16.8. The van der Waals surface area contributed by atoms with E-state index in [1.807, 2.05) is 24.3 Å². The summed E-state index contributed by atoms with van der Waals surface area (Å²) in [4.78, 5) is 35.9. The second-order valence-corrected chi connectivity index (χ2v) is 7.35. The molecule has 1 aliphatic rings. The standard InChI is InChI=1S/C23H23N3O5/c27-21(26-31-22-3-1-2-12-30-22)11-8-15-4-6-16(7-5-15)13-20-24-18-10-9-17(23(28)29)14-19(18)25-20/h4-11,14,22H,1-3,12-13H2,(H,24,25)(H,26,27)(H,28,29). The van der Waals surface area contributed by atoms with Crippen LogP contribution in [0.1, 0.15) is 46.6 Å². The number of H-pyrrole nitrogens is 1. The van der Waals surface area contributed by atoms with Gasteiger partial charge in [0.25, 0.3) is 5.91 Å². The molecule has 1 amide bonds. The minimum absolute atomic E-state index is 0.222. The van der Waals surface area contributed by atoms with Gasteiger partial charge < -0.3 is 14.8 Å². The highest BCUT2D eigenvalue weighted by atomic mass is 16.8.